The number of hydrogen-bond donors (Lipinski definition) is 1. The molecule has 0 heterocycles. The number of anilines is 1. The summed E-state index contributed by atoms with van der Waals surface area (Å²) in [5.74, 6) is 0. The third-order valence-corrected chi connectivity index (χ3v) is 2.83. The first-order chi connectivity index (χ1) is 8.45. The molecule has 0 saturated carbocycles. The van der Waals surface area contributed by atoms with E-state index in [-0.39, 0.29) is 0 Å². The maximum atomic E-state index is 12.4. The Labute approximate surface area is 106 Å². The Balaban J connectivity index is 2.51. The second kappa shape index (κ2) is 6.64. The van der Waals surface area contributed by atoms with Gasteiger partial charge in [-0.15, -0.1) is 0 Å². The topological polar surface area (TPSA) is 29.3 Å². The van der Waals surface area contributed by atoms with Gasteiger partial charge in [0.25, 0.3) is 0 Å². The Morgan fingerprint density at radius 3 is 2.17 bits per heavy atom. The molecule has 1 aromatic carbocycles. The summed E-state index contributed by atoms with van der Waals surface area (Å²) in [5.41, 5.74) is 5.59. The lowest BCUT2D eigenvalue weighted by Crippen LogP contribution is -2.18. The molecule has 0 amide bonds. The number of alkyl halides is 3. The Bertz CT molecular complexity index is 346. The molecular formula is C13H19F3N2. The molecule has 1 aromatic rings. The fourth-order valence-electron chi connectivity index (χ4n) is 1.70. The number of unbranched alkanes of at least 4 members (excludes halogenated alkanes) is 2. The van der Waals surface area contributed by atoms with E-state index in [1.54, 1.807) is 0 Å². The summed E-state index contributed by atoms with van der Waals surface area (Å²) in [6.45, 7) is 1.51. The molecule has 2 N–H and O–H groups in total. The Morgan fingerprint density at radius 1 is 1.06 bits per heavy atom. The van der Waals surface area contributed by atoms with Gasteiger partial charge in [0.15, 0.2) is 0 Å². The number of nitrogens with two attached hydrogens (primary N) is 1. The van der Waals surface area contributed by atoms with Crippen molar-refractivity contribution in [3.8, 4) is 0 Å². The molecule has 0 radical (unpaired) electrons. The zero-order chi connectivity index (χ0) is 13.6. The van der Waals surface area contributed by atoms with Crippen LogP contribution in [0.3, 0.4) is 0 Å². The van der Waals surface area contributed by atoms with E-state index in [0.29, 0.717) is 6.54 Å². The molecule has 0 aliphatic carbocycles. The summed E-state index contributed by atoms with van der Waals surface area (Å²) in [6, 6.07) is 5.24. The molecule has 0 unspecified atom stereocenters. The van der Waals surface area contributed by atoms with Crippen LogP contribution in [0, 0.1) is 0 Å². The highest BCUT2D eigenvalue weighted by Gasteiger charge is 2.29. The second-order valence-corrected chi connectivity index (χ2v) is 4.32. The van der Waals surface area contributed by atoms with Gasteiger partial charge >= 0.3 is 6.18 Å². The second-order valence-electron chi connectivity index (χ2n) is 4.32. The van der Waals surface area contributed by atoms with Crippen LogP contribution in [0.4, 0.5) is 18.9 Å². The highest BCUT2D eigenvalue weighted by Crippen LogP contribution is 2.30. The Hall–Kier alpha value is -1.23. The maximum Gasteiger partial charge on any atom is 0.416 e. The van der Waals surface area contributed by atoms with Crippen molar-refractivity contribution in [3.05, 3.63) is 29.8 Å². The summed E-state index contributed by atoms with van der Waals surface area (Å²) in [6.07, 6.45) is -1.24. The van der Waals surface area contributed by atoms with Crippen LogP contribution in [0.5, 0.6) is 0 Å². The van der Waals surface area contributed by atoms with Crippen molar-refractivity contribution in [2.75, 3.05) is 25.0 Å². The summed E-state index contributed by atoms with van der Waals surface area (Å²) < 4.78 is 37.1. The van der Waals surface area contributed by atoms with Crippen molar-refractivity contribution in [3.63, 3.8) is 0 Å². The first-order valence-corrected chi connectivity index (χ1v) is 6.03. The van der Waals surface area contributed by atoms with E-state index < -0.39 is 11.7 Å². The molecular weight excluding hydrogens is 241 g/mol. The molecule has 0 aliphatic heterocycles. The van der Waals surface area contributed by atoms with E-state index in [1.165, 1.54) is 12.1 Å². The molecule has 0 spiro atoms. The number of nitrogens with zero attached hydrogens (tertiary/aromatic N) is 1. The fourth-order valence-corrected chi connectivity index (χ4v) is 1.70. The molecule has 0 atom stereocenters. The smallest absolute Gasteiger partial charge is 0.375 e. The lowest BCUT2D eigenvalue weighted by Gasteiger charge is -2.19. The van der Waals surface area contributed by atoms with Gasteiger partial charge in [0.2, 0.25) is 0 Å². The third kappa shape index (κ3) is 4.56. The Morgan fingerprint density at radius 2 is 1.67 bits per heavy atom. The molecule has 0 saturated heterocycles. The van der Waals surface area contributed by atoms with Crippen LogP contribution in [0.1, 0.15) is 24.8 Å². The highest BCUT2D eigenvalue weighted by atomic mass is 19.4. The number of rotatable bonds is 6. The van der Waals surface area contributed by atoms with Gasteiger partial charge in [0, 0.05) is 19.3 Å². The average Bonchev–Trinajstić information content (AvgIpc) is 2.33. The predicted octanol–water partition coefficient (Wildman–Crippen LogP) is 3.27. The van der Waals surface area contributed by atoms with Crippen LogP contribution in [-0.2, 0) is 6.18 Å². The van der Waals surface area contributed by atoms with Gasteiger partial charge in [0.1, 0.15) is 0 Å². The van der Waals surface area contributed by atoms with Crippen LogP contribution in [-0.4, -0.2) is 20.1 Å². The van der Waals surface area contributed by atoms with E-state index in [0.717, 1.165) is 43.6 Å². The standard InChI is InChI=1S/C13H19F3N2/c1-18(10-4-2-3-9-17)12-7-5-11(6-8-12)13(14,15)16/h5-8H,2-4,9-10,17H2,1H3. The number of benzene rings is 1. The minimum absolute atomic E-state index is 0.609. The lowest BCUT2D eigenvalue weighted by molar-refractivity contribution is -0.137. The van der Waals surface area contributed by atoms with Gasteiger partial charge in [-0.1, -0.05) is 6.42 Å². The van der Waals surface area contributed by atoms with Gasteiger partial charge in [0.05, 0.1) is 5.56 Å². The molecule has 0 fully saturated rings. The average molecular weight is 260 g/mol. The molecule has 2 nitrogen and oxygen atoms in total. The summed E-state index contributed by atoms with van der Waals surface area (Å²) in [4.78, 5) is 1.96. The molecule has 1 rings (SSSR count). The predicted molar refractivity (Wildman–Crippen MR) is 67.6 cm³/mol. The van der Waals surface area contributed by atoms with E-state index in [4.69, 9.17) is 5.73 Å². The first kappa shape index (κ1) is 14.8. The van der Waals surface area contributed by atoms with Gasteiger partial charge in [-0.3, -0.25) is 0 Å². The van der Waals surface area contributed by atoms with Gasteiger partial charge in [-0.05, 0) is 43.7 Å². The van der Waals surface area contributed by atoms with Gasteiger partial charge in [-0.25, -0.2) is 0 Å². The van der Waals surface area contributed by atoms with Crippen molar-refractivity contribution in [2.45, 2.75) is 25.4 Å². The zero-order valence-corrected chi connectivity index (χ0v) is 10.5. The summed E-state index contributed by atoms with van der Waals surface area (Å²) in [5, 5.41) is 0. The van der Waals surface area contributed by atoms with Crippen LogP contribution < -0.4 is 10.6 Å². The quantitative estimate of drug-likeness (QED) is 0.795. The van der Waals surface area contributed by atoms with Crippen LogP contribution >= 0.6 is 0 Å². The molecule has 0 bridgehead atoms. The fraction of sp³-hybridized carbons (Fsp3) is 0.538. The van der Waals surface area contributed by atoms with Crippen LogP contribution in [0.25, 0.3) is 0 Å². The number of hydrogen-bond acceptors (Lipinski definition) is 2. The normalized spacial score (nSPS) is 11.6. The monoisotopic (exact) mass is 260 g/mol. The minimum atomic E-state index is -4.27. The summed E-state index contributed by atoms with van der Waals surface area (Å²) >= 11 is 0. The van der Waals surface area contributed by atoms with E-state index in [1.807, 2.05) is 11.9 Å². The molecule has 102 valence electrons. The maximum absolute atomic E-state index is 12.4. The molecule has 0 aliphatic rings. The van der Waals surface area contributed by atoms with Crippen molar-refractivity contribution in [1.29, 1.82) is 0 Å². The summed E-state index contributed by atoms with van der Waals surface area (Å²) in [7, 11) is 1.88. The van der Waals surface area contributed by atoms with E-state index in [2.05, 4.69) is 0 Å². The van der Waals surface area contributed by atoms with Crippen molar-refractivity contribution < 1.29 is 13.2 Å². The van der Waals surface area contributed by atoms with Crippen LogP contribution in [0.2, 0.25) is 0 Å². The lowest BCUT2D eigenvalue weighted by atomic mass is 10.2. The molecule has 0 aromatic heterocycles. The van der Waals surface area contributed by atoms with E-state index >= 15 is 0 Å². The Kier molecular flexibility index (Phi) is 5.47. The first-order valence-electron chi connectivity index (χ1n) is 6.03. The number of halogens is 3. The zero-order valence-electron chi connectivity index (χ0n) is 10.5. The third-order valence-electron chi connectivity index (χ3n) is 2.83. The molecule has 18 heavy (non-hydrogen) atoms. The van der Waals surface area contributed by atoms with Crippen molar-refractivity contribution in [1.82, 2.24) is 0 Å². The van der Waals surface area contributed by atoms with Gasteiger partial charge < -0.3 is 10.6 Å². The highest BCUT2D eigenvalue weighted by molar-refractivity contribution is 5.47. The van der Waals surface area contributed by atoms with Crippen molar-refractivity contribution >= 4 is 5.69 Å². The van der Waals surface area contributed by atoms with Crippen LogP contribution in [0.15, 0.2) is 24.3 Å². The van der Waals surface area contributed by atoms with Gasteiger partial charge in [-0.2, -0.15) is 13.2 Å². The van der Waals surface area contributed by atoms with Crippen molar-refractivity contribution in [2.24, 2.45) is 5.73 Å². The molecule has 5 heteroatoms. The minimum Gasteiger partial charge on any atom is -0.375 e. The van der Waals surface area contributed by atoms with E-state index in [9.17, 15) is 13.2 Å². The SMILES string of the molecule is CN(CCCCCN)c1ccc(C(F)(F)F)cc1. The largest absolute Gasteiger partial charge is 0.416 e.